The van der Waals surface area contributed by atoms with E-state index in [9.17, 15) is 20.0 Å². The van der Waals surface area contributed by atoms with Gasteiger partial charge in [0.05, 0.1) is 10.5 Å². The molecule has 7 nitrogen and oxygen atoms in total. The van der Waals surface area contributed by atoms with Crippen LogP contribution in [0.1, 0.15) is 18.4 Å². The molecule has 1 fully saturated rings. The molecule has 1 aromatic rings. The highest BCUT2D eigenvalue weighted by Crippen LogP contribution is 2.39. The van der Waals surface area contributed by atoms with Crippen molar-refractivity contribution in [3.63, 3.8) is 0 Å². The first-order chi connectivity index (χ1) is 9.36. The minimum atomic E-state index is -1.43. The van der Waals surface area contributed by atoms with Crippen molar-refractivity contribution in [2.45, 2.75) is 25.3 Å². The molecule has 3 N–H and O–H groups in total. The summed E-state index contributed by atoms with van der Waals surface area (Å²) in [7, 11) is 0. The van der Waals surface area contributed by atoms with Gasteiger partial charge in [0.25, 0.3) is 5.69 Å². The molecule has 20 heavy (non-hydrogen) atoms. The third-order valence-electron chi connectivity index (χ3n) is 3.62. The molecule has 0 aromatic heterocycles. The van der Waals surface area contributed by atoms with Crippen molar-refractivity contribution in [2.24, 2.45) is 11.7 Å². The lowest BCUT2D eigenvalue weighted by Gasteiger charge is -2.24. The highest BCUT2D eigenvalue weighted by Gasteiger charge is 2.49. The van der Waals surface area contributed by atoms with E-state index in [2.05, 4.69) is 0 Å². The number of hydrogen-bond donors (Lipinski definition) is 2. The molecular weight excluding hydrogens is 264 g/mol. The summed E-state index contributed by atoms with van der Waals surface area (Å²) in [6.45, 7) is 1.36. The zero-order valence-corrected chi connectivity index (χ0v) is 11.0. The van der Waals surface area contributed by atoms with Gasteiger partial charge in [-0.15, -0.1) is 0 Å². The van der Waals surface area contributed by atoms with E-state index in [1.54, 1.807) is 13.0 Å². The third kappa shape index (κ3) is 2.57. The second-order valence-corrected chi connectivity index (χ2v) is 5.07. The van der Waals surface area contributed by atoms with Crippen LogP contribution in [-0.4, -0.2) is 28.1 Å². The molecule has 0 heterocycles. The number of carboxylic acid groups (broad SMARTS) is 1. The lowest BCUT2D eigenvalue weighted by Crippen LogP contribution is -2.54. The SMILES string of the molecule is Cc1c(OCC(N)(C(=O)O)C2CC2)cccc1[N+](=O)[O-]. The molecule has 0 saturated heterocycles. The van der Waals surface area contributed by atoms with Crippen LogP contribution in [0.3, 0.4) is 0 Å². The maximum absolute atomic E-state index is 11.3. The van der Waals surface area contributed by atoms with Crippen molar-refractivity contribution >= 4 is 11.7 Å². The predicted octanol–water partition coefficient (Wildman–Crippen LogP) is 1.47. The Hall–Kier alpha value is -2.15. The average Bonchev–Trinajstić information content (AvgIpc) is 3.21. The van der Waals surface area contributed by atoms with Crippen molar-refractivity contribution in [1.82, 2.24) is 0 Å². The Morgan fingerprint density at radius 2 is 2.25 bits per heavy atom. The summed E-state index contributed by atoms with van der Waals surface area (Å²) >= 11 is 0. The van der Waals surface area contributed by atoms with Gasteiger partial charge in [-0.2, -0.15) is 0 Å². The molecule has 0 amide bonds. The zero-order chi connectivity index (χ0) is 14.9. The van der Waals surface area contributed by atoms with Gasteiger partial charge in [0.1, 0.15) is 12.4 Å². The first-order valence-electron chi connectivity index (χ1n) is 6.25. The molecule has 1 atom stereocenters. The number of carboxylic acids is 1. The largest absolute Gasteiger partial charge is 0.490 e. The fraction of sp³-hybridized carbons (Fsp3) is 0.462. The Morgan fingerprint density at radius 1 is 1.60 bits per heavy atom. The molecular formula is C13H16N2O5. The summed E-state index contributed by atoms with van der Waals surface area (Å²) in [5.41, 5.74) is 4.75. The van der Waals surface area contributed by atoms with Crippen molar-refractivity contribution < 1.29 is 19.6 Å². The van der Waals surface area contributed by atoms with Crippen molar-refractivity contribution in [3.8, 4) is 5.75 Å². The van der Waals surface area contributed by atoms with E-state index in [1.807, 2.05) is 0 Å². The molecule has 1 aromatic carbocycles. The monoisotopic (exact) mass is 280 g/mol. The van der Waals surface area contributed by atoms with Gasteiger partial charge in [0, 0.05) is 6.07 Å². The first-order valence-corrected chi connectivity index (χ1v) is 6.25. The number of ether oxygens (including phenoxy) is 1. The predicted molar refractivity (Wildman–Crippen MR) is 70.6 cm³/mol. The van der Waals surface area contributed by atoms with Crippen LogP contribution in [0.25, 0.3) is 0 Å². The van der Waals surface area contributed by atoms with Gasteiger partial charge in [-0.1, -0.05) is 6.07 Å². The molecule has 108 valence electrons. The molecule has 0 radical (unpaired) electrons. The van der Waals surface area contributed by atoms with Crippen LogP contribution >= 0.6 is 0 Å². The number of nitrogens with two attached hydrogens (primary N) is 1. The average molecular weight is 280 g/mol. The van der Waals surface area contributed by atoms with Gasteiger partial charge in [0.15, 0.2) is 5.54 Å². The summed E-state index contributed by atoms with van der Waals surface area (Å²) in [5.74, 6) is -0.919. The van der Waals surface area contributed by atoms with E-state index < -0.39 is 16.4 Å². The Bertz CT molecular complexity index is 556. The number of carbonyl (C=O) groups is 1. The fourth-order valence-corrected chi connectivity index (χ4v) is 2.11. The molecule has 1 unspecified atom stereocenters. The second-order valence-electron chi connectivity index (χ2n) is 5.07. The number of benzene rings is 1. The van der Waals surface area contributed by atoms with Gasteiger partial charge in [0.2, 0.25) is 0 Å². The standard InChI is InChI=1S/C13H16N2O5/c1-8-10(15(18)19)3-2-4-11(8)20-7-13(14,12(16)17)9-5-6-9/h2-4,9H,5-7,14H2,1H3,(H,16,17). The van der Waals surface area contributed by atoms with E-state index in [1.165, 1.54) is 12.1 Å². The van der Waals surface area contributed by atoms with E-state index in [0.717, 1.165) is 12.8 Å². The van der Waals surface area contributed by atoms with Gasteiger partial charge < -0.3 is 15.6 Å². The summed E-state index contributed by atoms with van der Waals surface area (Å²) in [6.07, 6.45) is 1.53. The molecule has 0 spiro atoms. The van der Waals surface area contributed by atoms with E-state index in [4.69, 9.17) is 10.5 Å². The molecule has 1 aliphatic rings. The molecule has 2 rings (SSSR count). The van der Waals surface area contributed by atoms with Gasteiger partial charge in [-0.05, 0) is 31.7 Å². The number of nitro benzene ring substituents is 1. The molecule has 0 bridgehead atoms. The van der Waals surface area contributed by atoms with Gasteiger partial charge in [-0.25, -0.2) is 0 Å². The Labute approximate surface area is 115 Å². The number of rotatable bonds is 6. The molecule has 0 aliphatic heterocycles. The normalized spacial score (nSPS) is 17.3. The lowest BCUT2D eigenvalue weighted by atomic mass is 9.96. The third-order valence-corrected chi connectivity index (χ3v) is 3.62. The van der Waals surface area contributed by atoms with E-state index in [0.29, 0.717) is 5.56 Å². The Balaban J connectivity index is 2.16. The highest BCUT2D eigenvalue weighted by molar-refractivity contribution is 5.79. The summed E-state index contributed by atoms with van der Waals surface area (Å²) in [6, 6.07) is 4.43. The Morgan fingerprint density at radius 3 is 2.75 bits per heavy atom. The quantitative estimate of drug-likeness (QED) is 0.602. The Kier molecular flexibility index (Phi) is 3.63. The van der Waals surface area contributed by atoms with Crippen molar-refractivity contribution in [1.29, 1.82) is 0 Å². The molecule has 1 saturated carbocycles. The highest BCUT2D eigenvalue weighted by atomic mass is 16.6. The van der Waals surface area contributed by atoms with E-state index in [-0.39, 0.29) is 24.0 Å². The zero-order valence-electron chi connectivity index (χ0n) is 11.0. The van der Waals surface area contributed by atoms with Crippen LogP contribution in [0.2, 0.25) is 0 Å². The number of aliphatic carboxylic acids is 1. The van der Waals surface area contributed by atoms with E-state index >= 15 is 0 Å². The smallest absolute Gasteiger partial charge is 0.327 e. The van der Waals surface area contributed by atoms with Crippen LogP contribution in [-0.2, 0) is 4.79 Å². The van der Waals surface area contributed by atoms with Crippen LogP contribution < -0.4 is 10.5 Å². The van der Waals surface area contributed by atoms with Crippen LogP contribution in [0, 0.1) is 23.0 Å². The van der Waals surface area contributed by atoms with Crippen LogP contribution in [0.4, 0.5) is 5.69 Å². The minimum Gasteiger partial charge on any atom is -0.490 e. The summed E-state index contributed by atoms with van der Waals surface area (Å²) in [5, 5.41) is 20.1. The number of hydrogen-bond acceptors (Lipinski definition) is 5. The van der Waals surface area contributed by atoms with Crippen molar-refractivity contribution in [2.75, 3.05) is 6.61 Å². The first kappa shape index (κ1) is 14.3. The van der Waals surface area contributed by atoms with Gasteiger partial charge >= 0.3 is 5.97 Å². The van der Waals surface area contributed by atoms with Crippen LogP contribution in [0.5, 0.6) is 5.75 Å². The lowest BCUT2D eigenvalue weighted by molar-refractivity contribution is -0.385. The fourth-order valence-electron chi connectivity index (χ4n) is 2.11. The summed E-state index contributed by atoms with van der Waals surface area (Å²) in [4.78, 5) is 21.6. The minimum absolute atomic E-state index is 0.0631. The second kappa shape index (κ2) is 5.09. The van der Waals surface area contributed by atoms with Gasteiger partial charge in [-0.3, -0.25) is 14.9 Å². The number of nitrogens with zero attached hydrogens (tertiary/aromatic N) is 1. The topological polar surface area (TPSA) is 116 Å². The molecule has 7 heteroatoms. The summed E-state index contributed by atoms with van der Waals surface area (Å²) < 4.78 is 5.45. The van der Waals surface area contributed by atoms with Crippen LogP contribution in [0.15, 0.2) is 18.2 Å². The maximum Gasteiger partial charge on any atom is 0.327 e. The van der Waals surface area contributed by atoms with Crippen molar-refractivity contribution in [3.05, 3.63) is 33.9 Å². The molecule has 1 aliphatic carbocycles. The number of nitro groups is 1. The maximum atomic E-state index is 11.3.